The number of hydrogen-bond donors (Lipinski definition) is 0. The molecule has 0 aliphatic carbocycles. The average molecular weight is 271 g/mol. The van der Waals surface area contributed by atoms with Crippen LogP contribution in [0.1, 0.15) is 6.92 Å². The molecule has 0 amide bonds. The van der Waals surface area contributed by atoms with Crippen molar-refractivity contribution in [1.29, 1.82) is 0 Å². The van der Waals surface area contributed by atoms with Gasteiger partial charge in [0.25, 0.3) is 0 Å². The molecule has 5 heteroatoms. The second kappa shape index (κ2) is 6.75. The van der Waals surface area contributed by atoms with Crippen LogP contribution in [0.15, 0.2) is 30.3 Å². The molecule has 102 valence electrons. The van der Waals surface area contributed by atoms with E-state index in [0.717, 1.165) is 5.75 Å². The molecule has 0 spiro atoms. The van der Waals surface area contributed by atoms with Crippen molar-refractivity contribution >= 4 is 9.84 Å². The van der Waals surface area contributed by atoms with Crippen LogP contribution in [-0.4, -0.2) is 51.6 Å². The third-order valence-corrected chi connectivity index (χ3v) is 3.84. The smallest absolute Gasteiger partial charge is 0.148 e. The van der Waals surface area contributed by atoms with E-state index in [9.17, 15) is 8.42 Å². The second-order valence-corrected chi connectivity index (χ2v) is 6.77. The molecule has 0 N–H and O–H groups in total. The van der Waals surface area contributed by atoms with Crippen LogP contribution in [0, 0.1) is 0 Å². The zero-order valence-electron chi connectivity index (χ0n) is 11.2. The summed E-state index contributed by atoms with van der Waals surface area (Å²) >= 11 is 0. The minimum Gasteiger partial charge on any atom is -0.492 e. The van der Waals surface area contributed by atoms with Gasteiger partial charge in [0, 0.05) is 18.8 Å². The lowest BCUT2D eigenvalue weighted by molar-refractivity contribution is 0.209. The first kappa shape index (κ1) is 15.0. The molecular formula is C13H21NO3S. The van der Waals surface area contributed by atoms with Gasteiger partial charge in [-0.25, -0.2) is 8.42 Å². The molecule has 0 aliphatic heterocycles. The largest absolute Gasteiger partial charge is 0.492 e. The number of sulfone groups is 1. The topological polar surface area (TPSA) is 46.6 Å². The van der Waals surface area contributed by atoms with Crippen molar-refractivity contribution in [1.82, 2.24) is 4.90 Å². The second-order valence-electron chi connectivity index (χ2n) is 4.58. The van der Waals surface area contributed by atoms with Gasteiger partial charge in [-0.3, -0.25) is 4.90 Å². The molecule has 0 saturated heterocycles. The number of nitrogens with zero attached hydrogens (tertiary/aromatic N) is 1. The van der Waals surface area contributed by atoms with Crippen LogP contribution >= 0.6 is 0 Å². The van der Waals surface area contributed by atoms with Crippen LogP contribution in [0.4, 0.5) is 0 Å². The molecule has 1 unspecified atom stereocenters. The number of benzene rings is 1. The van der Waals surface area contributed by atoms with E-state index < -0.39 is 9.84 Å². The Kier molecular flexibility index (Phi) is 5.62. The number of hydrogen-bond acceptors (Lipinski definition) is 4. The van der Waals surface area contributed by atoms with Crippen molar-refractivity contribution in [3.8, 4) is 5.75 Å². The maximum Gasteiger partial charge on any atom is 0.148 e. The Balaban J connectivity index is 2.31. The van der Waals surface area contributed by atoms with Gasteiger partial charge in [-0.2, -0.15) is 0 Å². The van der Waals surface area contributed by atoms with E-state index in [1.807, 2.05) is 49.2 Å². The van der Waals surface area contributed by atoms with Gasteiger partial charge in [0.2, 0.25) is 0 Å². The standard InChI is InChI=1S/C13H21NO3S/c1-12(11-18(3,15)16)14(2)9-10-17-13-7-5-4-6-8-13/h4-8,12H,9-11H2,1-3H3. The fraction of sp³-hybridized carbons (Fsp3) is 0.538. The Morgan fingerprint density at radius 1 is 1.28 bits per heavy atom. The summed E-state index contributed by atoms with van der Waals surface area (Å²) in [5.74, 6) is 1.01. The highest BCUT2D eigenvalue weighted by Gasteiger charge is 2.14. The molecular weight excluding hydrogens is 250 g/mol. The van der Waals surface area contributed by atoms with Crippen molar-refractivity contribution in [2.24, 2.45) is 0 Å². The Morgan fingerprint density at radius 2 is 1.89 bits per heavy atom. The van der Waals surface area contributed by atoms with E-state index in [1.165, 1.54) is 6.26 Å². The molecule has 0 radical (unpaired) electrons. The van der Waals surface area contributed by atoms with Gasteiger partial charge in [0.15, 0.2) is 0 Å². The first-order valence-corrected chi connectivity index (χ1v) is 8.00. The summed E-state index contributed by atoms with van der Waals surface area (Å²) < 4.78 is 27.9. The molecule has 1 aromatic carbocycles. The zero-order valence-corrected chi connectivity index (χ0v) is 12.0. The molecule has 0 heterocycles. The van der Waals surface area contributed by atoms with Gasteiger partial charge in [-0.05, 0) is 26.1 Å². The summed E-state index contributed by atoms with van der Waals surface area (Å²) in [7, 11) is -1.02. The highest BCUT2D eigenvalue weighted by molar-refractivity contribution is 7.90. The quantitative estimate of drug-likeness (QED) is 0.752. The highest BCUT2D eigenvalue weighted by atomic mass is 32.2. The monoisotopic (exact) mass is 271 g/mol. The van der Waals surface area contributed by atoms with E-state index >= 15 is 0 Å². The van der Waals surface area contributed by atoms with Crippen LogP contribution in [-0.2, 0) is 9.84 Å². The lowest BCUT2D eigenvalue weighted by Gasteiger charge is -2.23. The molecule has 0 aromatic heterocycles. The molecule has 1 atom stereocenters. The third-order valence-electron chi connectivity index (χ3n) is 2.75. The first-order valence-electron chi connectivity index (χ1n) is 5.94. The molecule has 4 nitrogen and oxygen atoms in total. The lowest BCUT2D eigenvalue weighted by atomic mass is 10.3. The SMILES string of the molecule is CC(CS(C)(=O)=O)N(C)CCOc1ccccc1. The number of para-hydroxylation sites is 1. The molecule has 0 aliphatic rings. The van der Waals surface area contributed by atoms with Gasteiger partial charge in [-0.1, -0.05) is 18.2 Å². The summed E-state index contributed by atoms with van der Waals surface area (Å²) in [6.07, 6.45) is 1.26. The van der Waals surface area contributed by atoms with E-state index in [0.29, 0.717) is 13.2 Å². The van der Waals surface area contributed by atoms with E-state index in [4.69, 9.17) is 4.74 Å². The molecule has 1 aromatic rings. The maximum absolute atomic E-state index is 11.2. The van der Waals surface area contributed by atoms with Gasteiger partial charge < -0.3 is 4.74 Å². The third kappa shape index (κ3) is 6.02. The van der Waals surface area contributed by atoms with Gasteiger partial charge in [0.05, 0.1) is 5.75 Å². The predicted octanol–water partition coefficient (Wildman–Crippen LogP) is 1.43. The Bertz CT molecular complexity index is 445. The van der Waals surface area contributed by atoms with Crippen LogP contribution in [0.25, 0.3) is 0 Å². The van der Waals surface area contributed by atoms with Gasteiger partial charge in [-0.15, -0.1) is 0 Å². The minimum atomic E-state index is -2.93. The van der Waals surface area contributed by atoms with Crippen LogP contribution in [0.2, 0.25) is 0 Å². The van der Waals surface area contributed by atoms with Crippen molar-refractivity contribution in [2.45, 2.75) is 13.0 Å². The molecule has 0 fully saturated rings. The summed E-state index contributed by atoms with van der Waals surface area (Å²) in [6.45, 7) is 3.16. The van der Waals surface area contributed by atoms with E-state index in [-0.39, 0.29) is 11.8 Å². The van der Waals surface area contributed by atoms with Crippen molar-refractivity contribution in [2.75, 3.05) is 32.2 Å². The number of ether oxygens (including phenoxy) is 1. The molecule has 0 saturated carbocycles. The predicted molar refractivity (Wildman–Crippen MR) is 73.7 cm³/mol. The van der Waals surface area contributed by atoms with Crippen LogP contribution in [0.3, 0.4) is 0 Å². The van der Waals surface area contributed by atoms with E-state index in [1.54, 1.807) is 0 Å². The summed E-state index contributed by atoms with van der Waals surface area (Å²) in [4.78, 5) is 1.99. The van der Waals surface area contributed by atoms with Crippen LogP contribution in [0.5, 0.6) is 5.75 Å². The lowest BCUT2D eigenvalue weighted by Crippen LogP contribution is -2.37. The molecule has 1 rings (SSSR count). The minimum absolute atomic E-state index is 0.000580. The van der Waals surface area contributed by atoms with Crippen molar-refractivity contribution in [3.05, 3.63) is 30.3 Å². The number of likely N-dealkylation sites (N-methyl/N-ethyl adjacent to an activating group) is 1. The summed E-state index contributed by atoms with van der Waals surface area (Å²) in [5.41, 5.74) is 0. The van der Waals surface area contributed by atoms with Crippen LogP contribution < -0.4 is 4.74 Å². The van der Waals surface area contributed by atoms with Gasteiger partial charge >= 0.3 is 0 Å². The molecule has 0 bridgehead atoms. The van der Waals surface area contributed by atoms with Gasteiger partial charge in [0.1, 0.15) is 22.2 Å². The zero-order chi connectivity index (χ0) is 13.6. The summed E-state index contributed by atoms with van der Waals surface area (Å²) in [6, 6.07) is 9.59. The Hall–Kier alpha value is -1.07. The number of rotatable bonds is 7. The molecule has 18 heavy (non-hydrogen) atoms. The first-order chi connectivity index (χ1) is 8.38. The highest BCUT2D eigenvalue weighted by Crippen LogP contribution is 2.08. The normalized spacial score (nSPS) is 13.6. The average Bonchev–Trinajstić information content (AvgIpc) is 2.28. The fourth-order valence-corrected chi connectivity index (χ4v) is 2.74. The van der Waals surface area contributed by atoms with E-state index in [2.05, 4.69) is 0 Å². The Labute approximate surface area is 109 Å². The maximum atomic E-state index is 11.2. The van der Waals surface area contributed by atoms with Crippen molar-refractivity contribution in [3.63, 3.8) is 0 Å². The Morgan fingerprint density at radius 3 is 2.44 bits per heavy atom. The summed E-state index contributed by atoms with van der Waals surface area (Å²) in [5, 5.41) is 0. The fourth-order valence-electron chi connectivity index (χ4n) is 1.61. The van der Waals surface area contributed by atoms with Crippen molar-refractivity contribution < 1.29 is 13.2 Å².